The van der Waals surface area contributed by atoms with Crippen molar-refractivity contribution in [3.05, 3.63) is 59.7 Å². The largest absolute Gasteiger partial charge is 0.442 e. The van der Waals surface area contributed by atoms with Gasteiger partial charge in [0.05, 0.1) is 37.4 Å². The molecule has 3 aliphatic rings. The third-order valence-corrected chi connectivity index (χ3v) is 5.73. The standard InChI is InChI=1S/C22H21N3O6/c26-19-13-30-10-9-23(19)14-5-7-15(8-6-14)24-11-16(31-22(24)29)12-25-20(27)17-3-1-2-4-18(17)21(25)28/h1-8,16,19,26H,9-13H2. The Bertz CT molecular complexity index is 1000. The average molecular weight is 423 g/mol. The molecule has 3 heterocycles. The molecule has 0 spiro atoms. The number of ether oxygens (including phenoxy) is 2. The Labute approximate surface area is 178 Å². The van der Waals surface area contributed by atoms with Crippen molar-refractivity contribution in [3.63, 3.8) is 0 Å². The number of hydrogen-bond acceptors (Lipinski definition) is 7. The Morgan fingerprint density at radius 1 is 0.935 bits per heavy atom. The second-order valence-electron chi connectivity index (χ2n) is 7.65. The fourth-order valence-electron chi connectivity index (χ4n) is 4.15. The summed E-state index contributed by atoms with van der Waals surface area (Å²) >= 11 is 0. The van der Waals surface area contributed by atoms with Crippen LogP contribution in [0.25, 0.3) is 0 Å². The van der Waals surface area contributed by atoms with Gasteiger partial charge in [0.25, 0.3) is 11.8 Å². The van der Waals surface area contributed by atoms with Crippen molar-refractivity contribution in [2.75, 3.05) is 42.6 Å². The highest BCUT2D eigenvalue weighted by Gasteiger charge is 2.40. The Morgan fingerprint density at radius 2 is 1.58 bits per heavy atom. The second kappa shape index (κ2) is 7.68. The molecule has 2 aromatic carbocycles. The predicted molar refractivity (Wildman–Crippen MR) is 110 cm³/mol. The van der Waals surface area contributed by atoms with E-state index in [-0.39, 0.29) is 31.5 Å². The van der Waals surface area contributed by atoms with E-state index in [1.807, 2.05) is 17.0 Å². The molecule has 1 N–H and O–H groups in total. The van der Waals surface area contributed by atoms with Crippen molar-refractivity contribution in [1.29, 1.82) is 0 Å². The highest BCUT2D eigenvalue weighted by Crippen LogP contribution is 2.28. The van der Waals surface area contributed by atoms with E-state index < -0.39 is 18.4 Å². The number of carbonyl (C=O) groups excluding carboxylic acids is 3. The van der Waals surface area contributed by atoms with Crippen LogP contribution in [-0.4, -0.2) is 73.1 Å². The highest BCUT2D eigenvalue weighted by atomic mass is 16.6. The molecule has 2 aromatic rings. The lowest BCUT2D eigenvalue weighted by atomic mass is 10.1. The Morgan fingerprint density at radius 3 is 2.23 bits per heavy atom. The van der Waals surface area contributed by atoms with E-state index in [1.54, 1.807) is 36.4 Å². The maximum atomic E-state index is 12.6. The van der Waals surface area contributed by atoms with Gasteiger partial charge in [0.1, 0.15) is 6.10 Å². The van der Waals surface area contributed by atoms with Gasteiger partial charge >= 0.3 is 6.09 Å². The first-order valence-electron chi connectivity index (χ1n) is 10.1. The minimum absolute atomic E-state index is 0.00659. The number of rotatable bonds is 4. The molecule has 2 fully saturated rings. The molecule has 2 unspecified atom stereocenters. The number of hydrogen-bond donors (Lipinski definition) is 1. The van der Waals surface area contributed by atoms with Gasteiger partial charge < -0.3 is 19.5 Å². The van der Waals surface area contributed by atoms with Crippen LogP contribution in [0.4, 0.5) is 16.2 Å². The van der Waals surface area contributed by atoms with Crippen LogP contribution in [-0.2, 0) is 9.47 Å². The number of nitrogens with zero attached hydrogens (tertiary/aromatic N) is 3. The number of aliphatic hydroxyl groups excluding tert-OH is 1. The zero-order chi connectivity index (χ0) is 21.5. The number of aliphatic hydroxyl groups is 1. The highest BCUT2D eigenvalue weighted by molar-refractivity contribution is 6.21. The maximum absolute atomic E-state index is 12.6. The van der Waals surface area contributed by atoms with Crippen molar-refractivity contribution in [2.24, 2.45) is 0 Å². The van der Waals surface area contributed by atoms with Gasteiger partial charge in [0.2, 0.25) is 0 Å². The van der Waals surface area contributed by atoms with Gasteiger partial charge in [0.15, 0.2) is 6.23 Å². The van der Waals surface area contributed by atoms with Gasteiger partial charge in [-0.2, -0.15) is 0 Å². The SMILES string of the molecule is O=C1c2ccccc2C(=O)N1CC1CN(c2ccc(N3CCOCC3O)cc2)C(=O)O1. The topological polar surface area (TPSA) is 99.6 Å². The molecule has 3 aliphatic heterocycles. The minimum Gasteiger partial charge on any atom is -0.442 e. The summed E-state index contributed by atoms with van der Waals surface area (Å²) in [5, 5.41) is 10.1. The summed E-state index contributed by atoms with van der Waals surface area (Å²) in [7, 11) is 0. The van der Waals surface area contributed by atoms with Crippen molar-refractivity contribution in [2.45, 2.75) is 12.3 Å². The molecule has 0 bridgehead atoms. The Hall–Kier alpha value is -3.43. The van der Waals surface area contributed by atoms with E-state index in [0.717, 1.165) is 10.6 Å². The summed E-state index contributed by atoms with van der Waals surface area (Å²) in [6.45, 7) is 1.60. The first kappa shape index (κ1) is 19.5. The van der Waals surface area contributed by atoms with Gasteiger partial charge in [-0.25, -0.2) is 4.79 Å². The molecule has 0 radical (unpaired) electrons. The van der Waals surface area contributed by atoms with E-state index >= 15 is 0 Å². The Kier molecular flexibility index (Phi) is 4.84. The van der Waals surface area contributed by atoms with E-state index in [2.05, 4.69) is 0 Å². The van der Waals surface area contributed by atoms with Crippen LogP contribution in [0.2, 0.25) is 0 Å². The van der Waals surface area contributed by atoms with Crippen LogP contribution in [0.15, 0.2) is 48.5 Å². The zero-order valence-electron chi connectivity index (χ0n) is 16.6. The van der Waals surface area contributed by atoms with Crippen LogP contribution in [0.1, 0.15) is 20.7 Å². The van der Waals surface area contributed by atoms with Crippen LogP contribution in [0.3, 0.4) is 0 Å². The van der Waals surface area contributed by atoms with E-state index in [4.69, 9.17) is 9.47 Å². The second-order valence-corrected chi connectivity index (χ2v) is 7.65. The van der Waals surface area contributed by atoms with Gasteiger partial charge in [-0.1, -0.05) is 12.1 Å². The molecule has 2 atom stereocenters. The zero-order valence-corrected chi connectivity index (χ0v) is 16.6. The van der Waals surface area contributed by atoms with Crippen molar-refractivity contribution in [1.82, 2.24) is 4.90 Å². The van der Waals surface area contributed by atoms with E-state index in [9.17, 15) is 19.5 Å². The first-order valence-corrected chi connectivity index (χ1v) is 10.1. The van der Waals surface area contributed by atoms with Crippen LogP contribution < -0.4 is 9.80 Å². The van der Waals surface area contributed by atoms with Crippen molar-refractivity contribution in [3.8, 4) is 0 Å². The summed E-state index contributed by atoms with van der Waals surface area (Å²) in [5.74, 6) is -0.743. The molecule has 9 nitrogen and oxygen atoms in total. The Balaban J connectivity index is 1.26. The number of fused-ring (bicyclic) bond motifs is 1. The number of cyclic esters (lactones) is 1. The lowest BCUT2D eigenvalue weighted by molar-refractivity contribution is 0.00633. The summed E-state index contributed by atoms with van der Waals surface area (Å²) in [4.78, 5) is 42.0. The molecular formula is C22H21N3O6. The first-order chi connectivity index (χ1) is 15.0. The minimum atomic E-state index is -0.708. The number of benzene rings is 2. The van der Waals surface area contributed by atoms with Crippen molar-refractivity contribution >= 4 is 29.3 Å². The third kappa shape index (κ3) is 3.41. The number of anilines is 2. The summed E-state index contributed by atoms with van der Waals surface area (Å²) < 4.78 is 10.7. The summed E-state index contributed by atoms with van der Waals surface area (Å²) in [5.41, 5.74) is 2.21. The fraction of sp³-hybridized carbons (Fsp3) is 0.318. The lowest BCUT2D eigenvalue weighted by Crippen LogP contribution is -2.45. The van der Waals surface area contributed by atoms with E-state index in [1.165, 1.54) is 4.90 Å². The fourth-order valence-corrected chi connectivity index (χ4v) is 4.15. The molecule has 9 heteroatoms. The molecular weight excluding hydrogens is 402 g/mol. The summed E-state index contributed by atoms with van der Waals surface area (Å²) in [6, 6.07) is 13.9. The molecule has 3 amide bonds. The molecule has 5 rings (SSSR count). The van der Waals surface area contributed by atoms with Gasteiger partial charge in [-0.05, 0) is 36.4 Å². The van der Waals surface area contributed by atoms with Gasteiger partial charge in [-0.3, -0.25) is 19.4 Å². The maximum Gasteiger partial charge on any atom is 0.414 e. The van der Waals surface area contributed by atoms with Crippen LogP contribution >= 0.6 is 0 Å². The molecule has 2 saturated heterocycles. The quantitative estimate of drug-likeness (QED) is 0.744. The molecule has 0 aromatic heterocycles. The number of carbonyl (C=O) groups is 3. The monoisotopic (exact) mass is 423 g/mol. The number of imide groups is 1. The van der Waals surface area contributed by atoms with Crippen LogP contribution in [0.5, 0.6) is 0 Å². The molecule has 0 saturated carbocycles. The smallest absolute Gasteiger partial charge is 0.414 e. The van der Waals surface area contributed by atoms with Crippen LogP contribution in [0, 0.1) is 0 Å². The van der Waals surface area contributed by atoms with Gasteiger partial charge in [-0.15, -0.1) is 0 Å². The molecule has 0 aliphatic carbocycles. The normalized spacial score (nSPS) is 23.4. The van der Waals surface area contributed by atoms with Gasteiger partial charge in [0, 0.05) is 17.9 Å². The number of amides is 3. The lowest BCUT2D eigenvalue weighted by Gasteiger charge is -2.34. The molecule has 31 heavy (non-hydrogen) atoms. The third-order valence-electron chi connectivity index (χ3n) is 5.73. The average Bonchev–Trinajstić information content (AvgIpc) is 3.27. The van der Waals surface area contributed by atoms with Crippen molar-refractivity contribution < 1.29 is 29.0 Å². The van der Waals surface area contributed by atoms with E-state index in [0.29, 0.717) is 30.0 Å². The molecule has 160 valence electrons. The summed E-state index contributed by atoms with van der Waals surface area (Å²) in [6.07, 6.45) is -1.85. The number of morpholine rings is 1. The predicted octanol–water partition coefficient (Wildman–Crippen LogP) is 1.46.